The molecular weight excluding hydrogens is 248 g/mol. The lowest BCUT2D eigenvalue weighted by atomic mass is 10.1. The third-order valence-electron chi connectivity index (χ3n) is 4.22. The van der Waals surface area contributed by atoms with Crippen molar-refractivity contribution in [1.82, 2.24) is 9.88 Å². The van der Waals surface area contributed by atoms with Crippen LogP contribution in [0.3, 0.4) is 0 Å². The Morgan fingerprint density at radius 1 is 1.20 bits per heavy atom. The fourth-order valence-electron chi connectivity index (χ4n) is 2.87. The van der Waals surface area contributed by atoms with Crippen molar-refractivity contribution in [2.24, 2.45) is 0 Å². The quantitative estimate of drug-likeness (QED) is 0.781. The lowest BCUT2D eigenvalue weighted by Crippen LogP contribution is -2.38. The first kappa shape index (κ1) is 11.8. The molecule has 1 aliphatic heterocycles. The van der Waals surface area contributed by atoms with Gasteiger partial charge in [-0.25, -0.2) is 0 Å². The lowest BCUT2D eigenvalue weighted by Gasteiger charge is -2.30. The molecule has 0 atom stereocenters. The van der Waals surface area contributed by atoms with Crippen molar-refractivity contribution in [3.63, 3.8) is 0 Å². The molecule has 1 N–H and O–H groups in total. The first-order valence-electron chi connectivity index (χ1n) is 7.26. The summed E-state index contributed by atoms with van der Waals surface area (Å²) < 4.78 is 5.49. The molecule has 1 saturated heterocycles. The molecule has 4 rings (SSSR count). The van der Waals surface area contributed by atoms with E-state index in [1.165, 1.54) is 36.0 Å². The van der Waals surface area contributed by atoms with E-state index in [2.05, 4.69) is 34.3 Å². The molecule has 102 valence electrons. The number of H-pyrrole nitrogens is 1. The van der Waals surface area contributed by atoms with E-state index >= 15 is 0 Å². The topological polar surface area (TPSA) is 32.2 Å². The van der Waals surface area contributed by atoms with Crippen molar-refractivity contribution >= 4 is 10.9 Å². The Morgan fingerprint density at radius 3 is 2.90 bits per heavy atom. The summed E-state index contributed by atoms with van der Waals surface area (Å²) in [5, 5.41) is 1.32. The number of aromatic nitrogens is 1. The average Bonchev–Trinajstić information content (AvgIpc) is 3.05. The zero-order valence-electron chi connectivity index (χ0n) is 11.4. The van der Waals surface area contributed by atoms with Crippen molar-refractivity contribution in [3.8, 4) is 11.3 Å². The predicted octanol–water partition coefficient (Wildman–Crippen LogP) is 3.68. The zero-order chi connectivity index (χ0) is 13.4. The molecule has 3 nitrogen and oxygen atoms in total. The van der Waals surface area contributed by atoms with Gasteiger partial charge < -0.3 is 14.3 Å². The third kappa shape index (κ3) is 2.04. The number of hydrogen-bond acceptors (Lipinski definition) is 2. The van der Waals surface area contributed by atoms with Crippen molar-refractivity contribution < 1.29 is 4.42 Å². The van der Waals surface area contributed by atoms with Gasteiger partial charge in [0, 0.05) is 29.2 Å². The first-order valence-corrected chi connectivity index (χ1v) is 7.26. The molecule has 0 unspecified atom stereocenters. The van der Waals surface area contributed by atoms with E-state index in [9.17, 15) is 0 Å². The van der Waals surface area contributed by atoms with E-state index < -0.39 is 0 Å². The van der Waals surface area contributed by atoms with E-state index in [1.54, 1.807) is 6.26 Å². The third-order valence-corrected chi connectivity index (χ3v) is 4.22. The Bertz CT molecular complexity index is 708. The number of nitrogens with zero attached hydrogens (tertiary/aromatic N) is 1. The lowest BCUT2D eigenvalue weighted by molar-refractivity contribution is 0.184. The molecule has 1 aliphatic rings. The largest absolute Gasteiger partial charge is 0.464 e. The summed E-state index contributed by atoms with van der Waals surface area (Å²) in [6, 6.07) is 10.4. The van der Waals surface area contributed by atoms with Crippen LogP contribution in [0, 0.1) is 0 Å². The maximum Gasteiger partial charge on any atom is 0.133 e. The van der Waals surface area contributed by atoms with Crippen LogP contribution in [0.4, 0.5) is 0 Å². The second kappa shape index (κ2) is 4.84. The van der Waals surface area contributed by atoms with Crippen molar-refractivity contribution in [3.05, 3.63) is 48.4 Å². The maximum absolute atomic E-state index is 5.49. The minimum absolute atomic E-state index is 0.932. The molecule has 3 heteroatoms. The van der Waals surface area contributed by atoms with Gasteiger partial charge in [-0.2, -0.15) is 0 Å². The molecule has 2 aromatic heterocycles. The smallest absolute Gasteiger partial charge is 0.133 e. The zero-order valence-corrected chi connectivity index (χ0v) is 11.4. The van der Waals surface area contributed by atoms with Gasteiger partial charge >= 0.3 is 0 Å². The molecule has 1 fully saturated rings. The van der Waals surface area contributed by atoms with Crippen LogP contribution in [0.5, 0.6) is 0 Å². The second-order valence-electron chi connectivity index (χ2n) is 5.50. The van der Waals surface area contributed by atoms with Crippen LogP contribution in [0.15, 0.2) is 47.2 Å². The number of aromatic amines is 1. The van der Waals surface area contributed by atoms with E-state index in [4.69, 9.17) is 4.42 Å². The van der Waals surface area contributed by atoms with Crippen LogP contribution in [0.1, 0.15) is 12.0 Å². The summed E-state index contributed by atoms with van der Waals surface area (Å²) in [4.78, 5) is 5.88. The van der Waals surface area contributed by atoms with Gasteiger partial charge in [0.1, 0.15) is 5.76 Å². The van der Waals surface area contributed by atoms with E-state index in [1.807, 2.05) is 12.1 Å². The summed E-state index contributed by atoms with van der Waals surface area (Å²) in [6.45, 7) is 3.69. The van der Waals surface area contributed by atoms with Gasteiger partial charge in [0.2, 0.25) is 0 Å². The van der Waals surface area contributed by atoms with E-state index in [0.717, 1.165) is 24.3 Å². The summed E-state index contributed by atoms with van der Waals surface area (Å²) in [5.74, 6) is 0.932. The van der Waals surface area contributed by atoms with Gasteiger partial charge in [0.15, 0.2) is 0 Å². The van der Waals surface area contributed by atoms with Crippen molar-refractivity contribution in [2.75, 3.05) is 19.6 Å². The minimum Gasteiger partial charge on any atom is -0.464 e. The van der Waals surface area contributed by atoms with Crippen LogP contribution in [0.25, 0.3) is 22.2 Å². The Kier molecular flexibility index (Phi) is 2.85. The highest BCUT2D eigenvalue weighted by Gasteiger charge is 2.14. The number of nitrogens with one attached hydrogen (secondary N) is 1. The molecule has 1 aromatic carbocycles. The summed E-state index contributed by atoms with van der Waals surface area (Å²) in [7, 11) is 0. The SMILES string of the molecule is c1coc(-c2ccc3[nH]cc(CCN4CCC4)c3c2)c1. The highest BCUT2D eigenvalue weighted by atomic mass is 16.3. The molecule has 0 saturated carbocycles. The van der Waals surface area contributed by atoms with Crippen molar-refractivity contribution in [1.29, 1.82) is 0 Å². The standard InChI is InChI=1S/C17H18N2O/c1-3-17(20-10-1)13-4-5-16-15(11-13)14(12-18-16)6-9-19-7-2-8-19/h1,3-5,10-12,18H,2,6-9H2. The number of benzene rings is 1. The Morgan fingerprint density at radius 2 is 2.15 bits per heavy atom. The highest BCUT2D eigenvalue weighted by Crippen LogP contribution is 2.27. The Labute approximate surface area is 118 Å². The Hall–Kier alpha value is -2.00. The number of furan rings is 1. The molecule has 0 amide bonds. The minimum atomic E-state index is 0.932. The van der Waals surface area contributed by atoms with Gasteiger partial charge in [-0.05, 0) is 61.8 Å². The maximum atomic E-state index is 5.49. The molecule has 0 radical (unpaired) electrons. The van der Waals surface area contributed by atoms with Crippen LogP contribution >= 0.6 is 0 Å². The fourth-order valence-corrected chi connectivity index (χ4v) is 2.87. The van der Waals surface area contributed by atoms with E-state index in [0.29, 0.717) is 0 Å². The first-order chi connectivity index (χ1) is 9.90. The van der Waals surface area contributed by atoms with Gasteiger partial charge in [-0.15, -0.1) is 0 Å². The molecule has 0 aliphatic carbocycles. The molecular formula is C17H18N2O. The van der Waals surface area contributed by atoms with Crippen LogP contribution < -0.4 is 0 Å². The average molecular weight is 266 g/mol. The fraction of sp³-hybridized carbons (Fsp3) is 0.294. The van der Waals surface area contributed by atoms with Gasteiger partial charge in [-0.3, -0.25) is 0 Å². The molecule has 3 heterocycles. The van der Waals surface area contributed by atoms with Crippen LogP contribution in [-0.2, 0) is 6.42 Å². The van der Waals surface area contributed by atoms with Gasteiger partial charge in [-0.1, -0.05) is 0 Å². The number of hydrogen-bond donors (Lipinski definition) is 1. The molecule has 3 aromatic rings. The van der Waals surface area contributed by atoms with Crippen LogP contribution in [-0.4, -0.2) is 29.5 Å². The summed E-state index contributed by atoms with van der Waals surface area (Å²) >= 11 is 0. The highest BCUT2D eigenvalue weighted by molar-refractivity contribution is 5.87. The second-order valence-corrected chi connectivity index (χ2v) is 5.50. The van der Waals surface area contributed by atoms with Gasteiger partial charge in [0.05, 0.1) is 6.26 Å². The number of rotatable bonds is 4. The Balaban J connectivity index is 1.65. The monoisotopic (exact) mass is 266 g/mol. The number of likely N-dealkylation sites (tertiary alicyclic amines) is 1. The molecule has 0 spiro atoms. The van der Waals surface area contributed by atoms with Crippen LogP contribution in [0.2, 0.25) is 0 Å². The van der Waals surface area contributed by atoms with E-state index in [-0.39, 0.29) is 0 Å². The summed E-state index contributed by atoms with van der Waals surface area (Å²) in [6.07, 6.45) is 6.34. The predicted molar refractivity (Wildman–Crippen MR) is 80.8 cm³/mol. The normalized spacial score (nSPS) is 15.6. The number of fused-ring (bicyclic) bond motifs is 1. The molecule has 0 bridgehead atoms. The summed E-state index contributed by atoms with van der Waals surface area (Å²) in [5.41, 5.74) is 3.76. The van der Waals surface area contributed by atoms with Gasteiger partial charge in [0.25, 0.3) is 0 Å². The van der Waals surface area contributed by atoms with Crippen molar-refractivity contribution in [2.45, 2.75) is 12.8 Å². The molecule has 20 heavy (non-hydrogen) atoms.